The van der Waals surface area contributed by atoms with Crippen molar-refractivity contribution in [2.75, 3.05) is 26.8 Å². The smallest absolute Gasteiger partial charge is 0.407 e. The molecule has 1 amide bonds. The molecule has 1 aliphatic heterocycles. The highest BCUT2D eigenvalue weighted by atomic mass is 16.5. The minimum absolute atomic E-state index is 0.205. The average molecular weight is 243 g/mol. The van der Waals surface area contributed by atoms with Crippen molar-refractivity contribution >= 4 is 12.1 Å². The molecule has 1 aliphatic rings. The van der Waals surface area contributed by atoms with Gasteiger partial charge in [-0.25, -0.2) is 9.59 Å². The molecule has 1 atom stereocenters. The Balaban J connectivity index is 2.80. The van der Waals surface area contributed by atoms with Gasteiger partial charge in [-0.2, -0.15) is 0 Å². The summed E-state index contributed by atoms with van der Waals surface area (Å²) >= 11 is 0. The van der Waals surface area contributed by atoms with E-state index in [2.05, 4.69) is 4.74 Å². The summed E-state index contributed by atoms with van der Waals surface area (Å²) in [4.78, 5) is 23.4. The standard InChI is InChI=1S/C11H17NO5/c1-8(9(13)16-3)6-11(2)7-12(10(14)15)4-5-17-11/h6H,4-5,7H2,1-3H3,(H,14,15)/b8-6+. The highest BCUT2D eigenvalue weighted by molar-refractivity contribution is 5.87. The zero-order chi connectivity index (χ0) is 13.1. The van der Waals surface area contributed by atoms with Crippen LogP contribution in [0.15, 0.2) is 11.6 Å². The topological polar surface area (TPSA) is 76.1 Å². The van der Waals surface area contributed by atoms with Gasteiger partial charge in [-0.3, -0.25) is 0 Å². The Kier molecular flexibility index (Phi) is 4.11. The van der Waals surface area contributed by atoms with Gasteiger partial charge in [0, 0.05) is 12.1 Å². The third kappa shape index (κ3) is 3.45. The van der Waals surface area contributed by atoms with E-state index < -0.39 is 17.7 Å². The molecular weight excluding hydrogens is 226 g/mol. The fourth-order valence-electron chi connectivity index (χ4n) is 1.82. The van der Waals surface area contributed by atoms with Gasteiger partial charge in [0.05, 0.1) is 20.3 Å². The molecule has 1 unspecified atom stereocenters. The lowest BCUT2D eigenvalue weighted by molar-refractivity contribution is -0.136. The van der Waals surface area contributed by atoms with E-state index in [9.17, 15) is 9.59 Å². The minimum atomic E-state index is -0.983. The number of hydrogen-bond acceptors (Lipinski definition) is 4. The van der Waals surface area contributed by atoms with Crippen molar-refractivity contribution in [3.8, 4) is 0 Å². The number of carbonyl (C=O) groups is 2. The van der Waals surface area contributed by atoms with Gasteiger partial charge in [-0.15, -0.1) is 0 Å². The molecule has 6 heteroatoms. The largest absolute Gasteiger partial charge is 0.466 e. The van der Waals surface area contributed by atoms with Crippen LogP contribution in [0.4, 0.5) is 4.79 Å². The molecule has 0 saturated carbocycles. The van der Waals surface area contributed by atoms with Crippen LogP contribution in [0, 0.1) is 0 Å². The van der Waals surface area contributed by atoms with E-state index in [1.54, 1.807) is 19.9 Å². The lowest BCUT2D eigenvalue weighted by Gasteiger charge is -2.37. The Hall–Kier alpha value is -1.56. The number of rotatable bonds is 2. The lowest BCUT2D eigenvalue weighted by atomic mass is 10.0. The summed E-state index contributed by atoms with van der Waals surface area (Å²) in [6.45, 7) is 4.22. The van der Waals surface area contributed by atoms with E-state index in [0.717, 1.165) is 0 Å². The van der Waals surface area contributed by atoms with Gasteiger partial charge in [0.2, 0.25) is 0 Å². The minimum Gasteiger partial charge on any atom is -0.466 e. The van der Waals surface area contributed by atoms with Crippen molar-refractivity contribution < 1.29 is 24.2 Å². The number of carboxylic acid groups (broad SMARTS) is 1. The second kappa shape index (κ2) is 5.18. The maximum Gasteiger partial charge on any atom is 0.407 e. The molecule has 1 rings (SSSR count). The lowest BCUT2D eigenvalue weighted by Crippen LogP contribution is -2.51. The van der Waals surface area contributed by atoms with Crippen LogP contribution in [-0.2, 0) is 14.3 Å². The number of hydrogen-bond donors (Lipinski definition) is 1. The van der Waals surface area contributed by atoms with Gasteiger partial charge < -0.3 is 19.5 Å². The van der Waals surface area contributed by atoms with Crippen molar-refractivity contribution in [1.82, 2.24) is 4.90 Å². The molecule has 0 bridgehead atoms. The number of ether oxygens (including phenoxy) is 2. The van der Waals surface area contributed by atoms with Gasteiger partial charge in [0.25, 0.3) is 0 Å². The van der Waals surface area contributed by atoms with Crippen LogP contribution in [0.25, 0.3) is 0 Å². The first kappa shape index (κ1) is 13.5. The molecule has 1 N–H and O–H groups in total. The van der Waals surface area contributed by atoms with E-state index in [-0.39, 0.29) is 6.54 Å². The Bertz CT molecular complexity index is 352. The molecule has 96 valence electrons. The van der Waals surface area contributed by atoms with Crippen LogP contribution in [0.3, 0.4) is 0 Å². The number of morpholine rings is 1. The van der Waals surface area contributed by atoms with Crippen molar-refractivity contribution in [3.05, 3.63) is 11.6 Å². The molecule has 0 radical (unpaired) electrons. The van der Waals surface area contributed by atoms with Gasteiger partial charge in [-0.1, -0.05) is 0 Å². The monoisotopic (exact) mass is 243 g/mol. The normalized spacial score (nSPS) is 25.6. The molecular formula is C11H17NO5. The van der Waals surface area contributed by atoms with Crippen LogP contribution >= 0.6 is 0 Å². The maximum atomic E-state index is 11.3. The summed E-state index contributed by atoms with van der Waals surface area (Å²) in [5.74, 6) is -0.442. The second-order valence-electron chi connectivity index (χ2n) is 4.18. The highest BCUT2D eigenvalue weighted by Gasteiger charge is 2.33. The van der Waals surface area contributed by atoms with E-state index in [0.29, 0.717) is 18.7 Å². The molecule has 17 heavy (non-hydrogen) atoms. The molecule has 6 nitrogen and oxygen atoms in total. The molecule has 0 aliphatic carbocycles. The summed E-state index contributed by atoms with van der Waals surface area (Å²) in [6, 6.07) is 0. The Morgan fingerprint density at radius 2 is 2.18 bits per heavy atom. The van der Waals surface area contributed by atoms with Crippen molar-refractivity contribution in [2.24, 2.45) is 0 Å². The predicted octanol–water partition coefficient (Wildman–Crippen LogP) is 0.875. The highest BCUT2D eigenvalue weighted by Crippen LogP contribution is 2.21. The van der Waals surface area contributed by atoms with Gasteiger partial charge in [0.1, 0.15) is 5.60 Å². The third-order valence-corrected chi connectivity index (χ3v) is 2.60. The fraction of sp³-hybridized carbons (Fsp3) is 0.636. The SMILES string of the molecule is COC(=O)/C(C)=C/C1(C)CN(C(=O)O)CCO1. The zero-order valence-corrected chi connectivity index (χ0v) is 10.2. The summed E-state index contributed by atoms with van der Waals surface area (Å²) in [7, 11) is 1.30. The predicted molar refractivity (Wildman–Crippen MR) is 59.7 cm³/mol. The quantitative estimate of drug-likeness (QED) is 0.575. The van der Waals surface area contributed by atoms with Crippen LogP contribution in [0.2, 0.25) is 0 Å². The molecule has 1 heterocycles. The van der Waals surface area contributed by atoms with Crippen molar-refractivity contribution in [3.63, 3.8) is 0 Å². The van der Waals surface area contributed by atoms with Crippen LogP contribution in [0.5, 0.6) is 0 Å². The summed E-state index contributed by atoms with van der Waals surface area (Å²) < 4.78 is 10.1. The molecule has 1 saturated heterocycles. The van der Waals surface area contributed by atoms with Crippen LogP contribution in [-0.4, -0.2) is 54.5 Å². The van der Waals surface area contributed by atoms with E-state index >= 15 is 0 Å². The summed E-state index contributed by atoms with van der Waals surface area (Å²) in [5, 5.41) is 8.92. The first-order valence-corrected chi connectivity index (χ1v) is 5.27. The first-order chi connectivity index (χ1) is 7.88. The zero-order valence-electron chi connectivity index (χ0n) is 10.2. The van der Waals surface area contributed by atoms with E-state index in [1.807, 2.05) is 0 Å². The van der Waals surface area contributed by atoms with Gasteiger partial charge >= 0.3 is 12.1 Å². The van der Waals surface area contributed by atoms with Crippen molar-refractivity contribution in [1.29, 1.82) is 0 Å². The first-order valence-electron chi connectivity index (χ1n) is 5.27. The Morgan fingerprint density at radius 3 is 2.71 bits per heavy atom. The van der Waals surface area contributed by atoms with Crippen LogP contribution in [0.1, 0.15) is 13.8 Å². The number of carbonyl (C=O) groups excluding carboxylic acids is 1. The average Bonchev–Trinajstić information content (AvgIpc) is 2.27. The third-order valence-electron chi connectivity index (χ3n) is 2.60. The van der Waals surface area contributed by atoms with Crippen LogP contribution < -0.4 is 0 Å². The van der Waals surface area contributed by atoms with E-state index in [4.69, 9.17) is 9.84 Å². The molecule has 0 aromatic carbocycles. The van der Waals surface area contributed by atoms with Gasteiger partial charge in [-0.05, 0) is 19.9 Å². The summed E-state index contributed by atoms with van der Waals surface area (Å²) in [6.07, 6.45) is 0.622. The molecule has 0 aromatic rings. The van der Waals surface area contributed by atoms with Gasteiger partial charge in [0.15, 0.2) is 0 Å². The van der Waals surface area contributed by atoms with Crippen molar-refractivity contribution in [2.45, 2.75) is 19.4 Å². The fourth-order valence-corrected chi connectivity index (χ4v) is 1.82. The molecule has 1 fully saturated rings. The Labute approximate surface area is 99.8 Å². The number of amides is 1. The Morgan fingerprint density at radius 1 is 1.53 bits per heavy atom. The summed E-state index contributed by atoms with van der Waals surface area (Å²) in [5.41, 5.74) is -0.378. The van der Waals surface area contributed by atoms with E-state index in [1.165, 1.54) is 12.0 Å². The molecule has 0 aromatic heterocycles. The number of nitrogens with zero attached hydrogens (tertiary/aromatic N) is 1. The maximum absolute atomic E-state index is 11.3. The molecule has 0 spiro atoms. The second-order valence-corrected chi connectivity index (χ2v) is 4.18. The number of methoxy groups -OCH3 is 1. The number of esters is 1.